The van der Waals surface area contributed by atoms with Crippen molar-refractivity contribution in [3.05, 3.63) is 64.3 Å². The molecular formula is C22H19N3O5S2. The number of aryl methyl sites for hydroxylation is 1. The van der Waals surface area contributed by atoms with Gasteiger partial charge in [0.1, 0.15) is 4.70 Å². The summed E-state index contributed by atoms with van der Waals surface area (Å²) in [6, 6.07) is 10.6. The average Bonchev–Trinajstić information content (AvgIpc) is 3.23. The van der Waals surface area contributed by atoms with Crippen molar-refractivity contribution in [2.75, 3.05) is 17.7 Å². The smallest absolute Gasteiger partial charge is 0.268 e. The second-order valence-electron chi connectivity index (χ2n) is 7.35. The summed E-state index contributed by atoms with van der Waals surface area (Å²) in [5, 5.41) is 0.784. The van der Waals surface area contributed by atoms with E-state index < -0.39 is 15.9 Å². The second kappa shape index (κ2) is 8.35. The number of fused-ring (bicyclic) bond motifs is 2. The molecule has 0 aliphatic carbocycles. The first-order valence-corrected chi connectivity index (χ1v) is 12.1. The highest BCUT2D eigenvalue weighted by atomic mass is 32.2. The summed E-state index contributed by atoms with van der Waals surface area (Å²) >= 11 is 1.47. The van der Waals surface area contributed by atoms with E-state index in [9.17, 15) is 17.8 Å². The molecule has 0 saturated heterocycles. The van der Waals surface area contributed by atoms with Gasteiger partial charge in [0.05, 0.1) is 28.5 Å². The molecule has 4 rings (SSSR count). The normalized spacial score (nSPS) is 14.4. The fraction of sp³-hybridized carbons (Fsp3) is 0.227. The molecular weight excluding hydrogens is 450 g/mol. The van der Waals surface area contributed by atoms with Gasteiger partial charge < -0.3 is 14.2 Å². The lowest BCUT2D eigenvalue weighted by Gasteiger charge is -2.10. The molecule has 0 saturated carbocycles. The lowest BCUT2D eigenvalue weighted by molar-refractivity contribution is -0.668. The van der Waals surface area contributed by atoms with Crippen LogP contribution in [0.2, 0.25) is 0 Å². The molecule has 0 atom stereocenters. The number of ether oxygens (including phenoxy) is 1. The van der Waals surface area contributed by atoms with E-state index >= 15 is 0 Å². The van der Waals surface area contributed by atoms with Crippen molar-refractivity contribution in [3.63, 3.8) is 0 Å². The van der Waals surface area contributed by atoms with Gasteiger partial charge >= 0.3 is 0 Å². The minimum absolute atomic E-state index is 0.0371. The van der Waals surface area contributed by atoms with E-state index in [2.05, 4.69) is 4.85 Å². The Morgan fingerprint density at radius 3 is 2.78 bits per heavy atom. The summed E-state index contributed by atoms with van der Waals surface area (Å²) in [5.41, 5.74) is 2.61. The van der Waals surface area contributed by atoms with Gasteiger partial charge in [-0.2, -0.15) is 4.57 Å². The lowest BCUT2D eigenvalue weighted by Crippen LogP contribution is -2.36. The Labute approximate surface area is 189 Å². The molecule has 2 heterocycles. The van der Waals surface area contributed by atoms with Crippen LogP contribution in [0.1, 0.15) is 28.7 Å². The van der Waals surface area contributed by atoms with Crippen LogP contribution in [0.3, 0.4) is 0 Å². The van der Waals surface area contributed by atoms with Crippen molar-refractivity contribution in [2.45, 2.75) is 19.9 Å². The van der Waals surface area contributed by atoms with E-state index in [0.717, 1.165) is 20.9 Å². The Bertz CT molecular complexity index is 1420. The summed E-state index contributed by atoms with van der Waals surface area (Å²) in [4.78, 5) is 17.0. The van der Waals surface area contributed by atoms with E-state index in [0.29, 0.717) is 29.4 Å². The van der Waals surface area contributed by atoms with Crippen molar-refractivity contribution in [1.29, 1.82) is 0 Å². The highest BCUT2D eigenvalue weighted by molar-refractivity contribution is 7.85. The van der Waals surface area contributed by atoms with E-state index in [4.69, 9.17) is 11.3 Å². The van der Waals surface area contributed by atoms with E-state index in [1.807, 2.05) is 28.7 Å². The summed E-state index contributed by atoms with van der Waals surface area (Å²) in [6.45, 7) is 9.09. The van der Waals surface area contributed by atoms with Gasteiger partial charge in [0.15, 0.2) is 23.8 Å². The van der Waals surface area contributed by atoms with Gasteiger partial charge in [-0.3, -0.25) is 4.79 Å². The van der Waals surface area contributed by atoms with Crippen molar-refractivity contribution < 1.29 is 27.1 Å². The Kier molecular flexibility index (Phi) is 5.73. The number of nitrogens with zero attached hydrogens (tertiary/aromatic N) is 3. The number of rotatable bonds is 6. The Hall–Kier alpha value is -3.26. The van der Waals surface area contributed by atoms with Gasteiger partial charge in [-0.25, -0.2) is 13.3 Å². The zero-order chi connectivity index (χ0) is 23.0. The molecule has 1 aliphatic heterocycles. The van der Waals surface area contributed by atoms with Gasteiger partial charge in [-0.1, -0.05) is 17.4 Å². The largest absolute Gasteiger partial charge is 0.748 e. The predicted octanol–water partition coefficient (Wildman–Crippen LogP) is 3.70. The Morgan fingerprint density at radius 1 is 1.31 bits per heavy atom. The molecule has 3 aromatic rings. The highest BCUT2D eigenvalue weighted by Gasteiger charge is 2.27. The SMILES string of the molecule is [C-]#[N+]c1ccc2sc(/C=C3\Oc4ccc(C(C)=O)cc4N3C)[n+](CCCS(=O)(=O)[O-])c2c1. The van der Waals surface area contributed by atoms with Crippen LogP contribution in [-0.4, -0.2) is 31.6 Å². The number of anilines is 1. The maximum Gasteiger partial charge on any atom is 0.268 e. The minimum Gasteiger partial charge on any atom is -0.748 e. The molecule has 8 nitrogen and oxygen atoms in total. The summed E-state index contributed by atoms with van der Waals surface area (Å²) < 4.78 is 42.0. The van der Waals surface area contributed by atoms with Crippen molar-refractivity contribution in [3.8, 4) is 5.75 Å². The molecule has 1 aliphatic rings. The van der Waals surface area contributed by atoms with Crippen LogP contribution in [0.25, 0.3) is 21.1 Å². The van der Waals surface area contributed by atoms with E-state index in [1.165, 1.54) is 18.3 Å². The minimum atomic E-state index is -4.32. The number of ketones is 1. The maximum absolute atomic E-state index is 11.7. The van der Waals surface area contributed by atoms with Gasteiger partial charge in [0.2, 0.25) is 11.4 Å². The Balaban J connectivity index is 1.74. The average molecular weight is 470 g/mol. The van der Waals surface area contributed by atoms with Crippen LogP contribution in [0.4, 0.5) is 11.4 Å². The molecule has 0 radical (unpaired) electrons. The molecule has 0 amide bonds. The van der Waals surface area contributed by atoms with Gasteiger partial charge in [0, 0.05) is 30.9 Å². The zero-order valence-corrected chi connectivity index (χ0v) is 19.0. The molecule has 0 unspecified atom stereocenters. The first-order chi connectivity index (χ1) is 15.2. The lowest BCUT2D eigenvalue weighted by atomic mass is 10.1. The quantitative estimate of drug-likeness (QED) is 0.236. The van der Waals surface area contributed by atoms with Crippen LogP contribution in [0.15, 0.2) is 42.3 Å². The number of hydrogen-bond acceptors (Lipinski definition) is 7. The third kappa shape index (κ3) is 4.36. The van der Waals surface area contributed by atoms with Crippen LogP contribution >= 0.6 is 11.3 Å². The first-order valence-electron chi connectivity index (χ1n) is 9.72. The van der Waals surface area contributed by atoms with Gasteiger partial charge in [-0.15, -0.1) is 0 Å². The molecule has 10 heteroatoms. The zero-order valence-electron chi connectivity index (χ0n) is 17.4. The summed E-state index contributed by atoms with van der Waals surface area (Å²) in [5.74, 6) is 0.669. The topological polar surface area (TPSA) is 95.0 Å². The molecule has 2 aromatic carbocycles. The van der Waals surface area contributed by atoms with E-state index in [-0.39, 0.29) is 12.2 Å². The molecule has 164 valence electrons. The number of Topliss-reactive ketones (excluding diaryl/α,β-unsaturated/α-hetero) is 1. The molecule has 0 spiro atoms. The van der Waals surface area contributed by atoms with Crippen molar-refractivity contribution >= 4 is 54.9 Å². The number of carbonyl (C=O) groups excluding carboxylic acids is 1. The van der Waals surface area contributed by atoms with Crippen molar-refractivity contribution in [2.24, 2.45) is 0 Å². The monoisotopic (exact) mass is 469 g/mol. The molecule has 32 heavy (non-hydrogen) atoms. The third-order valence-corrected chi connectivity index (χ3v) is 7.04. The predicted molar refractivity (Wildman–Crippen MR) is 121 cm³/mol. The second-order valence-corrected chi connectivity index (χ2v) is 9.94. The fourth-order valence-corrected chi connectivity index (χ4v) is 5.09. The van der Waals surface area contributed by atoms with Crippen molar-refractivity contribution in [1.82, 2.24) is 0 Å². The highest BCUT2D eigenvalue weighted by Crippen LogP contribution is 2.39. The van der Waals surface area contributed by atoms with Gasteiger partial charge in [-0.05, 0) is 31.2 Å². The number of thiazole rings is 1. The van der Waals surface area contributed by atoms with Gasteiger partial charge in [0.25, 0.3) is 5.01 Å². The van der Waals surface area contributed by atoms with Crippen LogP contribution in [-0.2, 0) is 16.7 Å². The third-order valence-electron chi connectivity index (χ3n) is 5.14. The maximum atomic E-state index is 11.7. The molecule has 0 fully saturated rings. The number of hydrogen-bond donors (Lipinski definition) is 0. The summed E-state index contributed by atoms with van der Waals surface area (Å²) in [6.07, 6.45) is 1.99. The standard InChI is InChI=1S/C22H19N3O5S2/c1-14(26)15-5-7-19-17(11-15)24(3)21(30-19)13-22-25(9-4-10-32(27,28)29)18-12-16(23-2)6-8-20(18)31-22/h5-8,11-13H,4,9-10H2,1,3H3. The Morgan fingerprint density at radius 2 is 2.09 bits per heavy atom. The number of carbonyl (C=O) groups is 1. The summed E-state index contributed by atoms with van der Waals surface area (Å²) in [7, 11) is -2.49. The number of benzene rings is 2. The molecule has 0 bridgehead atoms. The number of aromatic nitrogens is 1. The fourth-order valence-electron chi connectivity index (χ4n) is 3.51. The van der Waals surface area contributed by atoms with Crippen LogP contribution < -0.4 is 14.2 Å². The van der Waals surface area contributed by atoms with Crippen LogP contribution in [0.5, 0.6) is 5.75 Å². The molecule has 0 N–H and O–H groups in total. The first kappa shape index (κ1) is 22.0. The molecule has 1 aromatic heterocycles. The van der Waals surface area contributed by atoms with E-state index in [1.54, 1.807) is 30.3 Å². The van der Waals surface area contributed by atoms with Crippen LogP contribution in [0, 0.1) is 6.57 Å².